The highest BCUT2D eigenvalue weighted by Crippen LogP contribution is 2.26. The van der Waals surface area contributed by atoms with Gasteiger partial charge in [0, 0.05) is 0 Å². The summed E-state index contributed by atoms with van der Waals surface area (Å²) >= 11 is 0. The second-order valence-electron chi connectivity index (χ2n) is 3.89. The number of carbonyl (C=O) groups excluding carboxylic acids is 1. The molecule has 1 aromatic rings. The van der Waals surface area contributed by atoms with Gasteiger partial charge in [0.2, 0.25) is 10.0 Å². The van der Waals surface area contributed by atoms with Crippen LogP contribution in [0.5, 0.6) is 5.75 Å². The summed E-state index contributed by atoms with van der Waals surface area (Å²) in [5.41, 5.74) is -0.189. The van der Waals surface area contributed by atoms with Crippen LogP contribution in [0.2, 0.25) is 0 Å². The number of hydrogen-bond acceptors (Lipinski definition) is 6. The summed E-state index contributed by atoms with van der Waals surface area (Å²) < 4.78 is 35.2. The lowest BCUT2D eigenvalue weighted by Gasteiger charge is -2.12. The number of carboxylic acid groups (broad SMARTS) is 1. The normalized spacial score (nSPS) is 10.8. The predicted octanol–water partition coefficient (Wildman–Crippen LogP) is 0.698. The van der Waals surface area contributed by atoms with Crippen molar-refractivity contribution >= 4 is 27.6 Å². The number of esters is 1. The molecule has 0 saturated heterocycles. The molecule has 9 heteroatoms. The zero-order valence-electron chi connectivity index (χ0n) is 11.5. The molecule has 0 aliphatic carbocycles. The van der Waals surface area contributed by atoms with Gasteiger partial charge in [-0.2, -0.15) is 0 Å². The highest BCUT2D eigenvalue weighted by Gasteiger charge is 2.20. The number of hydrogen-bond donors (Lipinski definition) is 2. The van der Waals surface area contributed by atoms with Crippen LogP contribution in [0, 0.1) is 0 Å². The summed E-state index contributed by atoms with van der Waals surface area (Å²) in [4.78, 5) is 22.1. The number of carbonyl (C=O) groups is 2. The van der Waals surface area contributed by atoms with Crippen LogP contribution >= 0.6 is 0 Å². The molecule has 1 aromatic carbocycles. The van der Waals surface area contributed by atoms with Gasteiger partial charge in [-0.05, 0) is 25.1 Å². The second kappa shape index (κ2) is 6.93. The molecular formula is C12H15NO7S. The molecule has 0 saturated carbocycles. The van der Waals surface area contributed by atoms with E-state index in [1.54, 1.807) is 6.92 Å². The van der Waals surface area contributed by atoms with Crippen molar-refractivity contribution in [2.75, 3.05) is 24.2 Å². The maximum absolute atomic E-state index is 11.8. The smallest absolute Gasteiger partial charge is 0.335 e. The summed E-state index contributed by atoms with van der Waals surface area (Å²) in [5.74, 6) is -2.87. The van der Waals surface area contributed by atoms with E-state index in [1.807, 2.05) is 0 Å². The van der Waals surface area contributed by atoms with Crippen LogP contribution < -0.4 is 9.46 Å². The van der Waals surface area contributed by atoms with E-state index in [0.717, 1.165) is 6.07 Å². The van der Waals surface area contributed by atoms with Crippen LogP contribution in [0.4, 0.5) is 5.69 Å². The molecule has 0 bridgehead atoms. The van der Waals surface area contributed by atoms with E-state index in [2.05, 4.69) is 9.46 Å². The molecule has 8 nitrogen and oxygen atoms in total. The second-order valence-corrected chi connectivity index (χ2v) is 5.61. The molecule has 0 radical (unpaired) electrons. The number of ether oxygens (including phenoxy) is 2. The number of sulfonamides is 1. The standard InChI is InChI=1S/C12H15NO7S/c1-3-20-11(14)7-21(17,18)13-9-6-8(12(15)16)4-5-10(9)19-2/h4-6,13H,3,7H2,1-2H3,(H,15,16). The van der Waals surface area contributed by atoms with Gasteiger partial charge >= 0.3 is 11.9 Å². The monoisotopic (exact) mass is 317 g/mol. The highest BCUT2D eigenvalue weighted by molar-refractivity contribution is 7.93. The molecular weight excluding hydrogens is 302 g/mol. The molecule has 0 amide bonds. The topological polar surface area (TPSA) is 119 Å². The molecule has 116 valence electrons. The minimum Gasteiger partial charge on any atom is -0.495 e. The van der Waals surface area contributed by atoms with Gasteiger partial charge in [0.25, 0.3) is 0 Å². The van der Waals surface area contributed by atoms with Gasteiger partial charge in [0.05, 0.1) is 25.0 Å². The van der Waals surface area contributed by atoms with E-state index in [1.165, 1.54) is 19.2 Å². The van der Waals surface area contributed by atoms with E-state index < -0.39 is 27.7 Å². The van der Waals surface area contributed by atoms with Crippen LogP contribution in [-0.4, -0.2) is 44.9 Å². The van der Waals surface area contributed by atoms with Crippen molar-refractivity contribution in [2.45, 2.75) is 6.92 Å². The summed E-state index contributed by atoms with van der Waals surface area (Å²) in [5, 5.41) is 8.89. The van der Waals surface area contributed by atoms with Gasteiger partial charge < -0.3 is 14.6 Å². The number of methoxy groups -OCH3 is 1. The Hall–Kier alpha value is -2.29. The zero-order valence-corrected chi connectivity index (χ0v) is 12.3. The van der Waals surface area contributed by atoms with Gasteiger partial charge in [-0.3, -0.25) is 9.52 Å². The first-order valence-electron chi connectivity index (χ1n) is 5.86. The number of rotatable bonds is 7. The molecule has 0 unspecified atom stereocenters. The lowest BCUT2D eigenvalue weighted by Crippen LogP contribution is -2.24. The Bertz CT molecular complexity index is 639. The summed E-state index contributed by atoms with van der Waals surface area (Å²) in [6, 6.07) is 3.68. The fourth-order valence-corrected chi connectivity index (χ4v) is 2.44. The largest absolute Gasteiger partial charge is 0.495 e. The van der Waals surface area contributed by atoms with Crippen molar-refractivity contribution in [3.63, 3.8) is 0 Å². The molecule has 21 heavy (non-hydrogen) atoms. The average Bonchev–Trinajstić information content (AvgIpc) is 2.37. The first kappa shape index (κ1) is 16.8. The molecule has 2 N–H and O–H groups in total. The van der Waals surface area contributed by atoms with Crippen molar-refractivity contribution < 1.29 is 32.6 Å². The van der Waals surface area contributed by atoms with Crippen LogP contribution in [0.1, 0.15) is 17.3 Å². The Labute approximate surface area is 121 Å². The van der Waals surface area contributed by atoms with Crippen molar-refractivity contribution in [3.8, 4) is 5.75 Å². The number of benzene rings is 1. The zero-order chi connectivity index (χ0) is 16.0. The van der Waals surface area contributed by atoms with E-state index in [0.29, 0.717) is 0 Å². The number of nitrogens with one attached hydrogen (secondary N) is 1. The van der Waals surface area contributed by atoms with Crippen molar-refractivity contribution in [1.29, 1.82) is 0 Å². The van der Waals surface area contributed by atoms with Crippen LogP contribution in [0.25, 0.3) is 0 Å². The SMILES string of the molecule is CCOC(=O)CS(=O)(=O)Nc1cc(C(=O)O)ccc1OC. The van der Waals surface area contributed by atoms with Crippen molar-refractivity contribution in [3.05, 3.63) is 23.8 Å². The van der Waals surface area contributed by atoms with E-state index >= 15 is 0 Å². The number of aromatic carboxylic acids is 1. The lowest BCUT2D eigenvalue weighted by molar-refractivity contribution is -0.139. The molecule has 0 aliphatic heterocycles. The third-order valence-electron chi connectivity index (χ3n) is 2.33. The fraction of sp³-hybridized carbons (Fsp3) is 0.333. The van der Waals surface area contributed by atoms with Gasteiger partial charge in [0.15, 0.2) is 5.75 Å². The minimum atomic E-state index is -4.03. The number of anilines is 1. The Morgan fingerprint density at radius 3 is 2.52 bits per heavy atom. The Morgan fingerprint density at radius 1 is 1.33 bits per heavy atom. The van der Waals surface area contributed by atoms with Gasteiger partial charge in [-0.25, -0.2) is 13.2 Å². The number of carboxylic acids is 1. The molecule has 0 heterocycles. The van der Waals surface area contributed by atoms with Crippen molar-refractivity contribution in [1.82, 2.24) is 0 Å². The summed E-state index contributed by atoms with van der Waals surface area (Å²) in [7, 11) is -2.72. The highest BCUT2D eigenvalue weighted by atomic mass is 32.2. The molecule has 0 fully saturated rings. The quantitative estimate of drug-likeness (QED) is 0.710. The van der Waals surface area contributed by atoms with Crippen LogP contribution in [0.15, 0.2) is 18.2 Å². The van der Waals surface area contributed by atoms with E-state index in [4.69, 9.17) is 9.84 Å². The molecule has 0 spiro atoms. The maximum atomic E-state index is 11.8. The molecule has 0 aromatic heterocycles. The van der Waals surface area contributed by atoms with Crippen LogP contribution in [0.3, 0.4) is 0 Å². The van der Waals surface area contributed by atoms with Gasteiger partial charge in [-0.15, -0.1) is 0 Å². The van der Waals surface area contributed by atoms with E-state index in [9.17, 15) is 18.0 Å². The minimum absolute atomic E-state index is 0.0617. The molecule has 0 aliphatic rings. The first-order chi connectivity index (χ1) is 9.79. The maximum Gasteiger partial charge on any atom is 0.335 e. The average molecular weight is 317 g/mol. The summed E-state index contributed by atoms with van der Waals surface area (Å²) in [6.07, 6.45) is 0. The van der Waals surface area contributed by atoms with Crippen molar-refractivity contribution in [2.24, 2.45) is 0 Å². The Kier molecular flexibility index (Phi) is 5.53. The predicted molar refractivity (Wildman–Crippen MR) is 74.0 cm³/mol. The van der Waals surface area contributed by atoms with Crippen LogP contribution in [-0.2, 0) is 19.6 Å². The fourth-order valence-electron chi connectivity index (χ4n) is 1.48. The first-order valence-corrected chi connectivity index (χ1v) is 7.51. The molecule has 1 rings (SSSR count). The van der Waals surface area contributed by atoms with E-state index in [-0.39, 0.29) is 23.6 Å². The lowest BCUT2D eigenvalue weighted by atomic mass is 10.2. The third-order valence-corrected chi connectivity index (χ3v) is 3.47. The van der Waals surface area contributed by atoms with Gasteiger partial charge in [0.1, 0.15) is 5.75 Å². The third kappa shape index (κ3) is 4.95. The molecule has 0 atom stereocenters. The Morgan fingerprint density at radius 2 is 2.00 bits per heavy atom. The summed E-state index contributed by atoms with van der Waals surface area (Å²) in [6.45, 7) is 1.61. The Balaban J connectivity index is 3.02. The van der Waals surface area contributed by atoms with Gasteiger partial charge in [-0.1, -0.05) is 0 Å².